The largest absolute Gasteiger partial charge is 0.479 e. The molecule has 2 aliphatic heterocycles. The van der Waals surface area contributed by atoms with Crippen molar-refractivity contribution in [2.24, 2.45) is 5.16 Å². The van der Waals surface area contributed by atoms with Gasteiger partial charge in [-0.2, -0.15) is 0 Å². The summed E-state index contributed by atoms with van der Waals surface area (Å²) in [6, 6.07) is 7.49. The number of carbonyl (C=O) groups excluding carboxylic acids is 3. The van der Waals surface area contributed by atoms with Crippen molar-refractivity contribution < 1.29 is 29.1 Å². The zero-order valence-electron chi connectivity index (χ0n) is 15.9. The molecule has 1 aromatic carbocycles. The summed E-state index contributed by atoms with van der Waals surface area (Å²) in [6.07, 6.45) is 0.619. The number of carbonyl (C=O) groups is 4. The van der Waals surface area contributed by atoms with E-state index in [9.17, 15) is 19.2 Å². The van der Waals surface area contributed by atoms with Gasteiger partial charge in [-0.15, -0.1) is 11.8 Å². The highest BCUT2D eigenvalue weighted by molar-refractivity contribution is 8.00. The lowest BCUT2D eigenvalue weighted by Gasteiger charge is -2.49. The van der Waals surface area contributed by atoms with Crippen molar-refractivity contribution in [3.8, 4) is 0 Å². The molecule has 0 spiro atoms. The molecule has 1 aromatic rings. The molecule has 158 valence electrons. The number of β-lactam (4-membered cyclic amide) rings is 1. The van der Waals surface area contributed by atoms with Crippen LogP contribution in [-0.4, -0.2) is 62.4 Å². The van der Waals surface area contributed by atoms with Crippen molar-refractivity contribution in [2.75, 3.05) is 12.4 Å². The average Bonchev–Trinajstić information content (AvgIpc) is 2.73. The standard InChI is InChI=1S/C19H19N3O6S2/c1-2-10-9-30-18-14(17(26)22(18)15(10)19(27)29)20-16(25)13(21-28-8-12(23)24)11-6-4-3-5-7-11/h3-7,14,18H,2,8-9H2,1H3,(H,20,25)(H,23,24)(H,27,29)/t14?,18-/m1/s1. The molecule has 1 saturated heterocycles. The Balaban J connectivity index is 1.79. The fourth-order valence-electron chi connectivity index (χ4n) is 3.14. The van der Waals surface area contributed by atoms with Crippen LogP contribution >= 0.6 is 24.4 Å². The van der Waals surface area contributed by atoms with E-state index in [1.54, 1.807) is 30.3 Å². The number of hydrogen-bond acceptors (Lipinski definition) is 7. The van der Waals surface area contributed by atoms with E-state index in [1.807, 2.05) is 6.92 Å². The third-order valence-electron chi connectivity index (χ3n) is 4.57. The minimum absolute atomic E-state index is 0.154. The van der Waals surface area contributed by atoms with Crippen LogP contribution in [0.4, 0.5) is 0 Å². The predicted octanol–water partition coefficient (Wildman–Crippen LogP) is 1.01. The number of thioether (sulfide) groups is 1. The fraction of sp³-hybridized carbons (Fsp3) is 0.316. The SMILES string of the molecule is CCC1=C(C(=O)S)N2C(=O)C(NC(=O)C(=NOCC(=O)O)c3ccccc3)[C@H]2SC1. The van der Waals surface area contributed by atoms with Crippen molar-refractivity contribution in [1.82, 2.24) is 10.2 Å². The van der Waals surface area contributed by atoms with Crippen LogP contribution in [0.15, 0.2) is 46.8 Å². The molecule has 11 heteroatoms. The minimum atomic E-state index is -1.24. The van der Waals surface area contributed by atoms with Crippen molar-refractivity contribution in [1.29, 1.82) is 0 Å². The summed E-state index contributed by atoms with van der Waals surface area (Å²) in [6.45, 7) is 1.19. The van der Waals surface area contributed by atoms with Crippen LogP contribution in [0.3, 0.4) is 0 Å². The molecule has 0 bridgehead atoms. The smallest absolute Gasteiger partial charge is 0.344 e. The van der Waals surface area contributed by atoms with E-state index in [0.717, 1.165) is 5.57 Å². The average molecular weight is 450 g/mol. The number of nitrogens with zero attached hydrogens (tertiary/aromatic N) is 2. The summed E-state index contributed by atoms with van der Waals surface area (Å²) in [5.41, 5.74) is 1.36. The van der Waals surface area contributed by atoms with E-state index >= 15 is 0 Å². The van der Waals surface area contributed by atoms with E-state index in [0.29, 0.717) is 17.7 Å². The molecular weight excluding hydrogens is 430 g/mol. The Labute approximate surface area is 181 Å². The molecule has 0 aromatic heterocycles. The van der Waals surface area contributed by atoms with Crippen LogP contribution in [-0.2, 0) is 24.0 Å². The Hall–Kier alpha value is -2.79. The molecule has 2 aliphatic rings. The number of carboxylic acid groups (broad SMARTS) is 1. The van der Waals surface area contributed by atoms with Gasteiger partial charge in [-0.05, 0) is 12.0 Å². The molecule has 0 saturated carbocycles. The molecule has 30 heavy (non-hydrogen) atoms. The number of amides is 2. The van der Waals surface area contributed by atoms with E-state index in [1.165, 1.54) is 16.7 Å². The molecule has 2 amide bonds. The molecular formula is C19H19N3O6S2. The zero-order valence-corrected chi connectivity index (χ0v) is 17.6. The van der Waals surface area contributed by atoms with Gasteiger partial charge < -0.3 is 15.3 Å². The number of oxime groups is 1. The maximum absolute atomic E-state index is 12.8. The Kier molecular flexibility index (Phi) is 6.83. The quantitative estimate of drug-likeness (QED) is 0.234. The zero-order chi connectivity index (χ0) is 21.8. The first-order chi connectivity index (χ1) is 14.3. The Morgan fingerprint density at radius 1 is 1.33 bits per heavy atom. The second-order valence-corrected chi connectivity index (χ2v) is 7.96. The van der Waals surface area contributed by atoms with Gasteiger partial charge in [0.25, 0.3) is 11.8 Å². The molecule has 1 fully saturated rings. The summed E-state index contributed by atoms with van der Waals surface area (Å²) >= 11 is 5.34. The first-order valence-electron chi connectivity index (χ1n) is 9.03. The summed E-state index contributed by atoms with van der Waals surface area (Å²) in [4.78, 5) is 54.2. The summed E-state index contributed by atoms with van der Waals surface area (Å²) in [7, 11) is 0. The second kappa shape index (κ2) is 9.35. The van der Waals surface area contributed by atoms with Gasteiger partial charge in [0.15, 0.2) is 5.71 Å². The van der Waals surface area contributed by atoms with Crippen molar-refractivity contribution >= 4 is 53.0 Å². The van der Waals surface area contributed by atoms with Gasteiger partial charge in [0.1, 0.15) is 11.4 Å². The number of thiol groups is 1. The second-order valence-electron chi connectivity index (χ2n) is 6.44. The third kappa shape index (κ3) is 4.36. The van der Waals surface area contributed by atoms with Crippen molar-refractivity contribution in [3.05, 3.63) is 47.2 Å². The highest BCUT2D eigenvalue weighted by Gasteiger charge is 2.53. The van der Waals surface area contributed by atoms with E-state index < -0.39 is 40.9 Å². The van der Waals surface area contributed by atoms with Crippen LogP contribution in [0.5, 0.6) is 0 Å². The number of hydrogen-bond donors (Lipinski definition) is 3. The van der Waals surface area contributed by atoms with Gasteiger partial charge >= 0.3 is 5.97 Å². The van der Waals surface area contributed by atoms with Crippen LogP contribution in [0, 0.1) is 0 Å². The Morgan fingerprint density at radius 3 is 2.63 bits per heavy atom. The number of aliphatic carboxylic acids is 1. The van der Waals surface area contributed by atoms with E-state index in [2.05, 4.69) is 23.1 Å². The third-order valence-corrected chi connectivity index (χ3v) is 6.12. The lowest BCUT2D eigenvalue weighted by atomic mass is 10.0. The number of fused-ring (bicyclic) bond motifs is 1. The fourth-order valence-corrected chi connectivity index (χ4v) is 4.85. The molecule has 0 radical (unpaired) electrons. The van der Waals surface area contributed by atoms with Crippen molar-refractivity contribution in [3.63, 3.8) is 0 Å². The van der Waals surface area contributed by atoms with Crippen LogP contribution in [0.25, 0.3) is 0 Å². The first kappa shape index (κ1) is 21.9. The highest BCUT2D eigenvalue weighted by Crippen LogP contribution is 2.41. The van der Waals surface area contributed by atoms with Gasteiger partial charge in [0.2, 0.25) is 11.7 Å². The van der Waals surface area contributed by atoms with Gasteiger partial charge in [0, 0.05) is 11.3 Å². The van der Waals surface area contributed by atoms with Gasteiger partial charge in [-0.1, -0.05) is 55.0 Å². The summed E-state index contributed by atoms with van der Waals surface area (Å²) in [5, 5.41) is 14.1. The molecule has 2 atom stereocenters. The normalized spacial score (nSPS) is 20.9. The Morgan fingerprint density at radius 2 is 2.03 bits per heavy atom. The highest BCUT2D eigenvalue weighted by atomic mass is 32.2. The monoisotopic (exact) mass is 449 g/mol. The number of carboxylic acids is 1. The van der Waals surface area contributed by atoms with Crippen LogP contribution < -0.4 is 5.32 Å². The van der Waals surface area contributed by atoms with Gasteiger partial charge in [0.05, 0.1) is 5.70 Å². The molecule has 2 heterocycles. The summed E-state index contributed by atoms with van der Waals surface area (Å²) < 4.78 is 0. The maximum Gasteiger partial charge on any atom is 0.344 e. The Bertz CT molecular complexity index is 947. The van der Waals surface area contributed by atoms with Gasteiger partial charge in [-0.25, -0.2) is 4.79 Å². The van der Waals surface area contributed by atoms with E-state index in [-0.39, 0.29) is 11.4 Å². The number of nitrogens with one attached hydrogen (secondary N) is 1. The molecule has 0 aliphatic carbocycles. The summed E-state index contributed by atoms with van der Waals surface area (Å²) in [5.74, 6) is -1.78. The maximum atomic E-state index is 12.8. The lowest BCUT2D eigenvalue weighted by molar-refractivity contribution is -0.146. The number of rotatable bonds is 8. The van der Waals surface area contributed by atoms with E-state index in [4.69, 9.17) is 9.94 Å². The minimum Gasteiger partial charge on any atom is -0.479 e. The van der Waals surface area contributed by atoms with Crippen LogP contribution in [0.2, 0.25) is 0 Å². The topological polar surface area (TPSA) is 125 Å². The van der Waals surface area contributed by atoms with Crippen molar-refractivity contribution in [2.45, 2.75) is 24.8 Å². The lowest BCUT2D eigenvalue weighted by Crippen LogP contribution is -2.70. The molecule has 2 N–H and O–H groups in total. The molecule has 1 unspecified atom stereocenters. The predicted molar refractivity (Wildman–Crippen MR) is 113 cm³/mol. The molecule has 3 rings (SSSR count). The van der Waals surface area contributed by atoms with Gasteiger partial charge in [-0.3, -0.25) is 19.3 Å². The first-order valence-corrected chi connectivity index (χ1v) is 10.5. The molecule has 9 nitrogen and oxygen atoms in total. The van der Waals surface area contributed by atoms with Crippen LogP contribution in [0.1, 0.15) is 18.9 Å². The number of benzene rings is 1.